The minimum Gasteiger partial charge on any atom is -0.387 e. The van der Waals surface area contributed by atoms with E-state index in [1.54, 1.807) is 0 Å². The van der Waals surface area contributed by atoms with Crippen molar-refractivity contribution in [3.05, 3.63) is 0 Å². The van der Waals surface area contributed by atoms with Crippen molar-refractivity contribution in [1.29, 1.82) is 0 Å². The van der Waals surface area contributed by atoms with E-state index in [4.69, 9.17) is 9.84 Å². The molecule has 0 aliphatic carbocycles. The van der Waals surface area contributed by atoms with Crippen molar-refractivity contribution in [2.75, 3.05) is 6.54 Å². The summed E-state index contributed by atoms with van der Waals surface area (Å²) in [5.74, 6) is 0. The van der Waals surface area contributed by atoms with Crippen LogP contribution in [0.1, 0.15) is 20.3 Å². The van der Waals surface area contributed by atoms with Crippen molar-refractivity contribution in [1.82, 2.24) is 5.32 Å². The summed E-state index contributed by atoms with van der Waals surface area (Å²) in [5.41, 5.74) is 0. The Balaban J connectivity index is 2.32. The predicted octanol–water partition coefficient (Wildman–Crippen LogP) is -1.19. The first kappa shape index (κ1) is 11.9. The molecule has 4 N–H and O–H groups in total. The van der Waals surface area contributed by atoms with Gasteiger partial charge in [-0.25, -0.2) is 0 Å². The van der Waals surface area contributed by atoms with E-state index < -0.39 is 24.6 Å². The Kier molecular flexibility index (Phi) is 4.28. The van der Waals surface area contributed by atoms with Gasteiger partial charge in [0.15, 0.2) is 6.29 Å². The molecule has 1 saturated heterocycles. The molecule has 1 aliphatic heterocycles. The highest BCUT2D eigenvalue weighted by Crippen LogP contribution is 2.18. The van der Waals surface area contributed by atoms with Crippen LogP contribution in [-0.4, -0.2) is 52.5 Å². The van der Waals surface area contributed by atoms with Crippen molar-refractivity contribution < 1.29 is 20.1 Å². The lowest BCUT2D eigenvalue weighted by Gasteiger charge is -2.17. The van der Waals surface area contributed by atoms with Crippen LogP contribution in [0.15, 0.2) is 0 Å². The molecule has 5 heteroatoms. The summed E-state index contributed by atoms with van der Waals surface area (Å²) in [6.07, 6.45) is -3.03. The van der Waals surface area contributed by atoms with E-state index in [2.05, 4.69) is 5.32 Å². The molecule has 0 aromatic heterocycles. The van der Waals surface area contributed by atoms with E-state index in [0.717, 1.165) is 6.42 Å². The fourth-order valence-electron chi connectivity index (χ4n) is 1.36. The Morgan fingerprint density at radius 3 is 2.36 bits per heavy atom. The molecule has 0 aromatic carbocycles. The first-order chi connectivity index (χ1) is 6.56. The van der Waals surface area contributed by atoms with Crippen molar-refractivity contribution in [3.8, 4) is 0 Å². The summed E-state index contributed by atoms with van der Waals surface area (Å²) in [6.45, 7) is 4.51. The van der Waals surface area contributed by atoms with Crippen LogP contribution < -0.4 is 5.32 Å². The van der Waals surface area contributed by atoms with Crippen LogP contribution in [0.2, 0.25) is 0 Å². The quantitative estimate of drug-likeness (QED) is 0.464. The molecule has 14 heavy (non-hydrogen) atoms. The van der Waals surface area contributed by atoms with Crippen LogP contribution in [0, 0.1) is 0 Å². The van der Waals surface area contributed by atoms with Crippen LogP contribution in [0.3, 0.4) is 0 Å². The van der Waals surface area contributed by atoms with Crippen LogP contribution in [0.4, 0.5) is 0 Å². The van der Waals surface area contributed by atoms with Crippen LogP contribution in [0.25, 0.3) is 0 Å². The third-order valence-corrected chi connectivity index (χ3v) is 2.62. The Labute approximate surface area is 83.7 Å². The molecule has 5 nitrogen and oxygen atoms in total. The maximum absolute atomic E-state index is 9.44. The first-order valence-corrected chi connectivity index (χ1v) is 4.99. The minimum absolute atomic E-state index is 0.334. The first-order valence-electron chi connectivity index (χ1n) is 4.99. The average molecular weight is 205 g/mol. The van der Waals surface area contributed by atoms with Gasteiger partial charge in [-0.05, 0) is 13.3 Å². The number of nitrogens with one attached hydrogen (secondary N) is 1. The highest BCUT2D eigenvalue weighted by Gasteiger charge is 2.41. The van der Waals surface area contributed by atoms with Crippen molar-refractivity contribution >= 4 is 0 Å². The summed E-state index contributed by atoms with van der Waals surface area (Å²) in [5, 5.41) is 30.9. The highest BCUT2D eigenvalue weighted by atomic mass is 16.6. The molecule has 0 aromatic rings. The second-order valence-electron chi connectivity index (χ2n) is 3.76. The van der Waals surface area contributed by atoms with Crippen LogP contribution in [0.5, 0.6) is 0 Å². The van der Waals surface area contributed by atoms with Crippen LogP contribution >= 0.6 is 0 Å². The number of hydrogen-bond donors (Lipinski definition) is 4. The van der Waals surface area contributed by atoms with Gasteiger partial charge >= 0.3 is 0 Å². The number of ether oxygens (including phenoxy) is 1. The standard InChI is InChI=1S/C9H19NO4/c1-3-5(2)10-4-6-7(11)8(12)9(13)14-6/h5-13H,3-4H2,1-2H3/t5?,6-,7+,8+,9+/m1/s1. The molecule has 1 rings (SSSR count). The molecule has 1 fully saturated rings. The maximum Gasteiger partial charge on any atom is 0.184 e. The predicted molar refractivity (Wildman–Crippen MR) is 50.6 cm³/mol. The van der Waals surface area contributed by atoms with E-state index in [1.807, 2.05) is 13.8 Å². The largest absolute Gasteiger partial charge is 0.387 e. The van der Waals surface area contributed by atoms with Gasteiger partial charge in [0.1, 0.15) is 18.3 Å². The topological polar surface area (TPSA) is 82.0 Å². The van der Waals surface area contributed by atoms with Gasteiger partial charge in [0.05, 0.1) is 0 Å². The van der Waals surface area contributed by atoms with E-state index in [9.17, 15) is 10.2 Å². The monoisotopic (exact) mass is 205 g/mol. The normalized spacial score (nSPS) is 40.1. The molecular weight excluding hydrogens is 186 g/mol. The molecule has 0 bridgehead atoms. The number of aliphatic hydroxyl groups excluding tert-OH is 3. The maximum atomic E-state index is 9.44. The molecule has 84 valence electrons. The fraction of sp³-hybridized carbons (Fsp3) is 1.00. The number of hydrogen-bond acceptors (Lipinski definition) is 5. The summed E-state index contributed by atoms with van der Waals surface area (Å²) in [6, 6.07) is 0.334. The van der Waals surface area contributed by atoms with Gasteiger partial charge in [0, 0.05) is 12.6 Å². The summed E-state index contributed by atoms with van der Waals surface area (Å²) in [7, 11) is 0. The number of rotatable bonds is 4. The lowest BCUT2D eigenvalue weighted by molar-refractivity contribution is -0.126. The molecular formula is C9H19NO4. The smallest absolute Gasteiger partial charge is 0.184 e. The Bertz CT molecular complexity index is 178. The van der Waals surface area contributed by atoms with Gasteiger partial charge < -0.3 is 25.4 Å². The van der Waals surface area contributed by atoms with Gasteiger partial charge in [-0.15, -0.1) is 0 Å². The molecule has 0 spiro atoms. The van der Waals surface area contributed by atoms with Gasteiger partial charge in [-0.2, -0.15) is 0 Å². The Morgan fingerprint density at radius 1 is 1.29 bits per heavy atom. The van der Waals surface area contributed by atoms with Gasteiger partial charge in [0.2, 0.25) is 0 Å². The fourth-order valence-corrected chi connectivity index (χ4v) is 1.36. The summed E-state index contributed by atoms with van der Waals surface area (Å²) in [4.78, 5) is 0. The highest BCUT2D eigenvalue weighted by molar-refractivity contribution is 4.87. The van der Waals surface area contributed by atoms with Gasteiger partial charge in [-0.1, -0.05) is 6.92 Å². The van der Waals surface area contributed by atoms with E-state index in [-0.39, 0.29) is 0 Å². The molecule has 0 amide bonds. The second-order valence-corrected chi connectivity index (χ2v) is 3.76. The minimum atomic E-state index is -1.27. The molecule has 1 aliphatic rings. The Morgan fingerprint density at radius 2 is 1.93 bits per heavy atom. The van der Waals surface area contributed by atoms with E-state index in [0.29, 0.717) is 12.6 Å². The van der Waals surface area contributed by atoms with Crippen molar-refractivity contribution in [3.63, 3.8) is 0 Å². The molecule has 0 saturated carbocycles. The van der Waals surface area contributed by atoms with E-state index >= 15 is 0 Å². The zero-order chi connectivity index (χ0) is 10.7. The van der Waals surface area contributed by atoms with E-state index in [1.165, 1.54) is 0 Å². The number of aliphatic hydroxyl groups is 3. The third-order valence-electron chi connectivity index (χ3n) is 2.62. The van der Waals surface area contributed by atoms with Gasteiger partial charge in [0.25, 0.3) is 0 Å². The average Bonchev–Trinajstić information content (AvgIpc) is 2.42. The zero-order valence-corrected chi connectivity index (χ0v) is 8.55. The lowest BCUT2D eigenvalue weighted by Crippen LogP contribution is -2.40. The SMILES string of the molecule is CCC(C)NC[C@H]1O[C@H](O)[C@@H](O)[C@H]1O. The Hall–Kier alpha value is -0.200. The van der Waals surface area contributed by atoms with Crippen LogP contribution in [-0.2, 0) is 4.74 Å². The van der Waals surface area contributed by atoms with Crippen molar-refractivity contribution in [2.45, 2.75) is 50.9 Å². The zero-order valence-electron chi connectivity index (χ0n) is 8.55. The molecule has 0 radical (unpaired) electrons. The van der Waals surface area contributed by atoms with Crippen molar-refractivity contribution in [2.24, 2.45) is 0 Å². The lowest BCUT2D eigenvalue weighted by atomic mass is 10.1. The molecule has 1 unspecified atom stereocenters. The molecule has 5 atom stereocenters. The summed E-state index contributed by atoms with van der Waals surface area (Å²) < 4.78 is 4.97. The second kappa shape index (κ2) is 5.04. The van der Waals surface area contributed by atoms with Gasteiger partial charge in [-0.3, -0.25) is 0 Å². The summed E-state index contributed by atoms with van der Waals surface area (Å²) >= 11 is 0. The molecule has 1 heterocycles. The third kappa shape index (κ3) is 2.65.